The molecule has 1 amide bonds. The molecule has 2 aromatic carbocycles. The second-order valence-electron chi connectivity index (χ2n) is 4.96. The molecule has 1 N–H and O–H groups in total. The molecule has 2 aromatic rings. The van der Waals surface area contributed by atoms with Gasteiger partial charge >= 0.3 is 0 Å². The maximum absolute atomic E-state index is 12.2. The maximum atomic E-state index is 12.2. The summed E-state index contributed by atoms with van der Waals surface area (Å²) in [5.74, 6) is -0.642. The zero-order chi connectivity index (χ0) is 17.9. The number of carbonyl (C=O) groups excluding carboxylic acids is 1. The average Bonchev–Trinajstić information content (AvgIpc) is 2.53. The molecule has 8 nitrogen and oxygen atoms in total. The van der Waals surface area contributed by atoms with Crippen molar-refractivity contribution in [3.05, 3.63) is 78.3 Å². The van der Waals surface area contributed by atoms with Gasteiger partial charge in [-0.15, -0.1) is 0 Å². The summed E-state index contributed by atoms with van der Waals surface area (Å²) in [4.78, 5) is 32.7. The van der Waals surface area contributed by atoms with Crippen molar-refractivity contribution in [3.63, 3.8) is 0 Å². The topological polar surface area (TPSA) is 115 Å². The average molecular weight is 350 g/mol. The van der Waals surface area contributed by atoms with Crippen LogP contribution in [0.4, 0.5) is 11.4 Å². The molecule has 9 heteroatoms. The van der Waals surface area contributed by atoms with Gasteiger partial charge in [-0.25, -0.2) is 0 Å². The van der Waals surface area contributed by atoms with E-state index in [0.717, 1.165) is 17.7 Å². The normalized spacial score (nSPS) is 10.2. The highest BCUT2D eigenvalue weighted by Crippen LogP contribution is 2.29. The number of halogens is 1. The fraction of sp³-hybridized carbons (Fsp3) is 0.133. The molecule has 2 rings (SSSR count). The fourth-order valence-corrected chi connectivity index (χ4v) is 2.21. The van der Waals surface area contributed by atoms with Gasteiger partial charge < -0.3 is 5.32 Å². The molecular weight excluding hydrogens is 338 g/mol. The first kappa shape index (κ1) is 17.4. The van der Waals surface area contributed by atoms with Crippen molar-refractivity contribution in [2.45, 2.75) is 13.5 Å². The molecule has 24 heavy (non-hydrogen) atoms. The summed E-state index contributed by atoms with van der Waals surface area (Å²) in [6, 6.07) is 8.79. The minimum atomic E-state index is -0.752. The molecule has 0 fully saturated rings. The summed E-state index contributed by atoms with van der Waals surface area (Å²) in [6.07, 6.45) is 0. The summed E-state index contributed by atoms with van der Waals surface area (Å²) in [5, 5.41) is 25.2. The van der Waals surface area contributed by atoms with Crippen LogP contribution in [0.1, 0.15) is 21.5 Å². The van der Waals surface area contributed by atoms with E-state index in [1.165, 1.54) is 6.92 Å². The van der Waals surface area contributed by atoms with Gasteiger partial charge in [0, 0.05) is 23.7 Å². The van der Waals surface area contributed by atoms with Crippen LogP contribution in [0.2, 0.25) is 5.02 Å². The van der Waals surface area contributed by atoms with Gasteiger partial charge in [0.05, 0.1) is 15.4 Å². The number of nitro groups is 2. The van der Waals surface area contributed by atoms with Crippen LogP contribution in [-0.2, 0) is 6.54 Å². The lowest BCUT2D eigenvalue weighted by molar-refractivity contribution is -0.395. The van der Waals surface area contributed by atoms with E-state index in [-0.39, 0.29) is 17.7 Å². The minimum absolute atomic E-state index is 0.0979. The van der Waals surface area contributed by atoms with Gasteiger partial charge in [0.15, 0.2) is 0 Å². The third kappa shape index (κ3) is 3.85. The highest BCUT2D eigenvalue weighted by molar-refractivity contribution is 6.30. The van der Waals surface area contributed by atoms with E-state index in [2.05, 4.69) is 5.32 Å². The summed E-state index contributed by atoms with van der Waals surface area (Å²) in [7, 11) is 0. The van der Waals surface area contributed by atoms with Gasteiger partial charge in [0.1, 0.15) is 5.56 Å². The van der Waals surface area contributed by atoms with Crippen molar-refractivity contribution in [2.75, 3.05) is 0 Å². The Morgan fingerprint density at radius 3 is 2.04 bits per heavy atom. The molecule has 0 atom stereocenters. The first-order chi connectivity index (χ1) is 11.3. The van der Waals surface area contributed by atoms with Gasteiger partial charge in [-0.1, -0.05) is 23.7 Å². The highest BCUT2D eigenvalue weighted by Gasteiger charge is 2.25. The molecule has 0 saturated heterocycles. The molecule has 0 aliphatic heterocycles. The summed E-state index contributed by atoms with van der Waals surface area (Å²) >= 11 is 5.76. The van der Waals surface area contributed by atoms with Gasteiger partial charge in [-0.05, 0) is 24.6 Å². The molecule has 0 unspecified atom stereocenters. The Kier molecular flexibility index (Phi) is 5.10. The molecule has 0 aliphatic rings. The van der Waals surface area contributed by atoms with Crippen molar-refractivity contribution >= 4 is 28.9 Å². The number of nitro benzene ring substituents is 2. The molecule has 0 aromatic heterocycles. The first-order valence-electron chi connectivity index (χ1n) is 6.75. The van der Waals surface area contributed by atoms with E-state index in [0.29, 0.717) is 5.02 Å². The summed E-state index contributed by atoms with van der Waals surface area (Å²) in [5.41, 5.74) is -0.419. The van der Waals surface area contributed by atoms with Crippen molar-refractivity contribution in [2.24, 2.45) is 0 Å². The molecule has 0 saturated carbocycles. The van der Waals surface area contributed by atoms with Crippen molar-refractivity contribution in [1.29, 1.82) is 0 Å². The Labute approximate surface area is 141 Å². The third-order valence-electron chi connectivity index (χ3n) is 3.37. The standard InChI is InChI=1S/C15H12ClN3O5/c1-9-13(18(21)22)6-11(7-14(9)19(23)24)15(20)17-8-10-2-4-12(16)5-3-10/h2-7H,8H2,1H3,(H,17,20). The number of benzene rings is 2. The molecular formula is C15H12ClN3O5. The van der Waals surface area contributed by atoms with Crippen LogP contribution < -0.4 is 5.32 Å². The van der Waals surface area contributed by atoms with Crippen molar-refractivity contribution < 1.29 is 14.6 Å². The maximum Gasteiger partial charge on any atom is 0.279 e. The predicted octanol–water partition coefficient (Wildman–Crippen LogP) is 3.39. The smallest absolute Gasteiger partial charge is 0.279 e. The lowest BCUT2D eigenvalue weighted by Gasteiger charge is -2.07. The van der Waals surface area contributed by atoms with E-state index in [9.17, 15) is 25.0 Å². The van der Waals surface area contributed by atoms with Gasteiger partial charge in [0.2, 0.25) is 0 Å². The van der Waals surface area contributed by atoms with E-state index < -0.39 is 27.1 Å². The lowest BCUT2D eigenvalue weighted by Crippen LogP contribution is -2.23. The van der Waals surface area contributed by atoms with Crippen LogP contribution in [0.25, 0.3) is 0 Å². The third-order valence-corrected chi connectivity index (χ3v) is 3.63. The van der Waals surface area contributed by atoms with E-state index >= 15 is 0 Å². The van der Waals surface area contributed by atoms with Gasteiger partial charge in [0.25, 0.3) is 17.3 Å². The number of hydrogen-bond donors (Lipinski definition) is 1. The number of carbonyl (C=O) groups is 1. The number of amides is 1. The summed E-state index contributed by atoms with van der Waals surface area (Å²) in [6.45, 7) is 1.43. The predicted molar refractivity (Wildman–Crippen MR) is 87.1 cm³/mol. The number of nitrogens with one attached hydrogen (secondary N) is 1. The van der Waals surface area contributed by atoms with E-state index in [1.807, 2.05) is 0 Å². The Morgan fingerprint density at radius 2 is 1.58 bits per heavy atom. The Balaban J connectivity index is 2.26. The Hall–Kier alpha value is -3.00. The Morgan fingerprint density at radius 1 is 1.08 bits per heavy atom. The van der Waals surface area contributed by atoms with Gasteiger partial charge in [-0.3, -0.25) is 25.0 Å². The lowest BCUT2D eigenvalue weighted by atomic mass is 10.1. The SMILES string of the molecule is Cc1c([N+](=O)[O-])cc(C(=O)NCc2ccc(Cl)cc2)cc1[N+](=O)[O-]. The van der Waals surface area contributed by atoms with Crippen LogP contribution in [-0.4, -0.2) is 15.8 Å². The monoisotopic (exact) mass is 349 g/mol. The zero-order valence-corrected chi connectivity index (χ0v) is 13.2. The van der Waals surface area contributed by atoms with Gasteiger partial charge in [-0.2, -0.15) is 0 Å². The molecule has 0 spiro atoms. The van der Waals surface area contributed by atoms with Crippen LogP contribution >= 0.6 is 11.6 Å². The largest absolute Gasteiger partial charge is 0.348 e. The highest BCUT2D eigenvalue weighted by atomic mass is 35.5. The van der Waals surface area contributed by atoms with E-state index in [4.69, 9.17) is 11.6 Å². The second-order valence-corrected chi connectivity index (χ2v) is 5.40. The van der Waals surface area contributed by atoms with Crippen LogP contribution in [0, 0.1) is 27.2 Å². The minimum Gasteiger partial charge on any atom is -0.348 e. The molecule has 124 valence electrons. The summed E-state index contributed by atoms with van der Waals surface area (Å²) < 4.78 is 0. The van der Waals surface area contributed by atoms with Crippen molar-refractivity contribution in [1.82, 2.24) is 5.32 Å². The molecule has 0 radical (unpaired) electrons. The second kappa shape index (κ2) is 7.05. The van der Waals surface area contributed by atoms with Crippen LogP contribution in [0.3, 0.4) is 0 Å². The molecule has 0 heterocycles. The van der Waals surface area contributed by atoms with Crippen LogP contribution in [0.5, 0.6) is 0 Å². The molecule has 0 bridgehead atoms. The number of nitrogens with zero attached hydrogens (tertiary/aromatic N) is 2. The van der Waals surface area contributed by atoms with Crippen molar-refractivity contribution in [3.8, 4) is 0 Å². The fourth-order valence-electron chi connectivity index (χ4n) is 2.08. The molecule has 0 aliphatic carbocycles. The number of rotatable bonds is 5. The first-order valence-corrected chi connectivity index (χ1v) is 7.13. The van der Waals surface area contributed by atoms with Crippen LogP contribution in [0.15, 0.2) is 36.4 Å². The number of hydrogen-bond acceptors (Lipinski definition) is 5. The Bertz CT molecular complexity index is 785. The zero-order valence-electron chi connectivity index (χ0n) is 12.5. The quantitative estimate of drug-likeness (QED) is 0.656. The van der Waals surface area contributed by atoms with E-state index in [1.54, 1.807) is 24.3 Å².